The van der Waals surface area contributed by atoms with Crippen LogP contribution in [0.1, 0.15) is 0 Å². The van der Waals surface area contributed by atoms with Crippen LogP contribution in [0.4, 0.5) is 0 Å². The van der Waals surface area contributed by atoms with Crippen molar-refractivity contribution in [2.45, 2.75) is 0 Å². The third kappa shape index (κ3) is 3.81. The monoisotopic (exact) mass is 578 g/mol. The molecule has 2 aromatic carbocycles. The van der Waals surface area contributed by atoms with Gasteiger partial charge in [-0.15, -0.1) is 0 Å². The zero-order valence-corrected chi connectivity index (χ0v) is 15.9. The lowest BCUT2D eigenvalue weighted by molar-refractivity contribution is 0.476. The molecule has 0 spiro atoms. The molecule has 0 aromatic heterocycles. The SMILES string of the molecule is Brc1ccc(I)cc1Oc1cc(I)ccc1Br. The smallest absolute Gasteiger partial charge is 0.142 e. The van der Waals surface area contributed by atoms with Crippen molar-refractivity contribution in [3.8, 4) is 11.5 Å². The van der Waals surface area contributed by atoms with E-state index in [0.29, 0.717) is 0 Å². The average molecular weight is 580 g/mol. The molecule has 0 heterocycles. The highest BCUT2D eigenvalue weighted by Crippen LogP contribution is 2.35. The summed E-state index contributed by atoms with van der Waals surface area (Å²) in [6.07, 6.45) is 0. The van der Waals surface area contributed by atoms with Crippen molar-refractivity contribution in [1.82, 2.24) is 0 Å². The predicted molar refractivity (Wildman–Crippen MR) is 93.8 cm³/mol. The molecule has 0 saturated carbocycles. The second kappa shape index (κ2) is 6.21. The summed E-state index contributed by atoms with van der Waals surface area (Å²) < 4.78 is 10.1. The topological polar surface area (TPSA) is 9.23 Å². The molecule has 0 amide bonds. The Hall–Kier alpha value is 0.660. The van der Waals surface area contributed by atoms with Gasteiger partial charge in [0.15, 0.2) is 0 Å². The van der Waals surface area contributed by atoms with Crippen LogP contribution < -0.4 is 4.74 Å². The summed E-state index contributed by atoms with van der Waals surface area (Å²) in [5, 5.41) is 0. The molecule has 0 aliphatic heterocycles. The summed E-state index contributed by atoms with van der Waals surface area (Å²) in [7, 11) is 0. The largest absolute Gasteiger partial charge is 0.455 e. The minimum absolute atomic E-state index is 0.819. The van der Waals surface area contributed by atoms with Gasteiger partial charge in [0.05, 0.1) is 8.95 Å². The minimum atomic E-state index is 0.819. The fraction of sp³-hybridized carbons (Fsp3) is 0. The Labute approximate surface area is 144 Å². The van der Waals surface area contributed by atoms with Gasteiger partial charge in [-0.2, -0.15) is 0 Å². The molecule has 5 heteroatoms. The normalized spacial score (nSPS) is 10.4. The fourth-order valence-electron chi connectivity index (χ4n) is 1.23. The quantitative estimate of drug-likeness (QED) is 0.385. The Morgan fingerprint density at radius 3 is 1.59 bits per heavy atom. The van der Waals surface area contributed by atoms with Crippen LogP contribution in [0.15, 0.2) is 45.3 Å². The van der Waals surface area contributed by atoms with Crippen LogP contribution in [0, 0.1) is 7.14 Å². The lowest BCUT2D eigenvalue weighted by Gasteiger charge is -2.10. The van der Waals surface area contributed by atoms with Gasteiger partial charge < -0.3 is 4.74 Å². The van der Waals surface area contributed by atoms with Crippen molar-refractivity contribution in [2.24, 2.45) is 0 Å². The summed E-state index contributed by atoms with van der Waals surface area (Å²) in [4.78, 5) is 0. The molecule has 0 bridgehead atoms. The first-order chi connectivity index (χ1) is 8.06. The first-order valence-corrected chi connectivity index (χ1v) is 8.38. The molecule has 0 saturated heterocycles. The zero-order chi connectivity index (χ0) is 12.4. The molecule has 0 aliphatic carbocycles. The molecule has 17 heavy (non-hydrogen) atoms. The number of rotatable bonds is 2. The number of halogens is 4. The van der Waals surface area contributed by atoms with E-state index >= 15 is 0 Å². The Morgan fingerprint density at radius 2 is 1.18 bits per heavy atom. The molecule has 0 radical (unpaired) electrons. The van der Waals surface area contributed by atoms with Crippen LogP contribution >= 0.6 is 77.0 Å². The summed E-state index contributed by atoms with van der Waals surface area (Å²) in [5.74, 6) is 1.64. The molecule has 0 N–H and O–H groups in total. The van der Waals surface area contributed by atoms with Gasteiger partial charge in [-0.3, -0.25) is 0 Å². The van der Waals surface area contributed by atoms with E-state index in [-0.39, 0.29) is 0 Å². The van der Waals surface area contributed by atoms with Crippen LogP contribution in [0.25, 0.3) is 0 Å². The third-order valence-electron chi connectivity index (χ3n) is 2.01. The zero-order valence-electron chi connectivity index (χ0n) is 8.38. The van der Waals surface area contributed by atoms with Gasteiger partial charge in [0.1, 0.15) is 11.5 Å². The third-order valence-corrected chi connectivity index (χ3v) is 4.66. The Morgan fingerprint density at radius 1 is 0.765 bits per heavy atom. The first-order valence-electron chi connectivity index (χ1n) is 4.64. The number of hydrogen-bond acceptors (Lipinski definition) is 1. The van der Waals surface area contributed by atoms with Crippen molar-refractivity contribution in [2.75, 3.05) is 0 Å². The van der Waals surface area contributed by atoms with E-state index in [2.05, 4.69) is 77.0 Å². The lowest BCUT2D eigenvalue weighted by atomic mass is 10.3. The van der Waals surface area contributed by atoms with E-state index in [1.54, 1.807) is 0 Å². The maximum Gasteiger partial charge on any atom is 0.142 e. The molecule has 0 fully saturated rings. The second-order valence-electron chi connectivity index (χ2n) is 3.25. The summed E-state index contributed by atoms with van der Waals surface area (Å²) >= 11 is 11.5. The summed E-state index contributed by atoms with van der Waals surface area (Å²) in [6, 6.07) is 12.0. The van der Waals surface area contributed by atoms with E-state index < -0.39 is 0 Å². The summed E-state index contributed by atoms with van der Waals surface area (Å²) in [5.41, 5.74) is 0. The van der Waals surface area contributed by atoms with Crippen molar-refractivity contribution in [3.63, 3.8) is 0 Å². The minimum Gasteiger partial charge on any atom is -0.455 e. The van der Waals surface area contributed by atoms with Crippen LogP contribution in [-0.4, -0.2) is 0 Å². The molecule has 2 aromatic rings. The lowest BCUT2D eigenvalue weighted by Crippen LogP contribution is -1.88. The van der Waals surface area contributed by atoms with Crippen molar-refractivity contribution >= 4 is 77.0 Å². The Balaban J connectivity index is 2.37. The van der Waals surface area contributed by atoms with E-state index in [1.807, 2.05) is 36.4 Å². The number of hydrogen-bond donors (Lipinski definition) is 0. The van der Waals surface area contributed by atoms with Gasteiger partial charge >= 0.3 is 0 Å². The molecule has 0 unspecified atom stereocenters. The van der Waals surface area contributed by atoms with Crippen LogP contribution in [0.2, 0.25) is 0 Å². The highest BCUT2D eigenvalue weighted by atomic mass is 127. The molecular formula is C12H6Br2I2O. The second-order valence-corrected chi connectivity index (χ2v) is 7.45. The van der Waals surface area contributed by atoms with Gasteiger partial charge in [-0.1, -0.05) is 0 Å². The van der Waals surface area contributed by atoms with E-state index in [1.165, 1.54) is 0 Å². The Bertz CT molecular complexity index is 509. The van der Waals surface area contributed by atoms with Crippen molar-refractivity contribution in [1.29, 1.82) is 0 Å². The van der Waals surface area contributed by atoms with Gasteiger partial charge in [0.25, 0.3) is 0 Å². The highest BCUT2D eigenvalue weighted by molar-refractivity contribution is 14.1. The molecule has 2 rings (SSSR count). The van der Waals surface area contributed by atoms with Gasteiger partial charge in [-0.05, 0) is 113 Å². The maximum atomic E-state index is 5.90. The maximum absolute atomic E-state index is 5.90. The van der Waals surface area contributed by atoms with Crippen LogP contribution in [0.5, 0.6) is 11.5 Å². The van der Waals surface area contributed by atoms with Gasteiger partial charge in [0.2, 0.25) is 0 Å². The first kappa shape index (κ1) is 14.1. The average Bonchev–Trinajstić information content (AvgIpc) is 2.28. The fourth-order valence-corrected chi connectivity index (χ4v) is 2.81. The van der Waals surface area contributed by atoms with Gasteiger partial charge in [0, 0.05) is 7.14 Å². The number of benzene rings is 2. The van der Waals surface area contributed by atoms with Crippen LogP contribution in [0.3, 0.4) is 0 Å². The highest BCUT2D eigenvalue weighted by Gasteiger charge is 2.07. The van der Waals surface area contributed by atoms with Crippen molar-refractivity contribution < 1.29 is 4.74 Å². The van der Waals surface area contributed by atoms with E-state index in [4.69, 9.17) is 4.74 Å². The van der Waals surface area contributed by atoms with Crippen molar-refractivity contribution in [3.05, 3.63) is 52.5 Å². The standard InChI is InChI=1S/C12H6Br2I2O/c13-9-3-1-7(15)5-11(9)17-12-6-8(16)2-4-10(12)14/h1-6H. The van der Waals surface area contributed by atoms with Gasteiger partial charge in [-0.25, -0.2) is 0 Å². The Kier molecular flexibility index (Phi) is 5.14. The van der Waals surface area contributed by atoms with Crippen LogP contribution in [-0.2, 0) is 0 Å². The van der Waals surface area contributed by atoms with E-state index in [0.717, 1.165) is 27.6 Å². The molecule has 0 aliphatic rings. The molecule has 1 nitrogen and oxygen atoms in total. The number of ether oxygens (including phenoxy) is 1. The summed E-state index contributed by atoms with van der Waals surface area (Å²) in [6.45, 7) is 0. The molecule has 88 valence electrons. The molecule has 0 atom stereocenters. The predicted octanol–water partition coefficient (Wildman–Crippen LogP) is 6.21. The van der Waals surface area contributed by atoms with E-state index in [9.17, 15) is 0 Å². The molecular weight excluding hydrogens is 574 g/mol.